The summed E-state index contributed by atoms with van der Waals surface area (Å²) in [6, 6.07) is 1.25. The van der Waals surface area contributed by atoms with Crippen LogP contribution in [0.15, 0.2) is 11.4 Å². The number of carbonyl (C=O) groups excluding carboxylic acids is 2. The topological polar surface area (TPSA) is 95.7 Å². The van der Waals surface area contributed by atoms with E-state index in [-0.39, 0.29) is 10.6 Å². The van der Waals surface area contributed by atoms with Crippen LogP contribution in [0.1, 0.15) is 52.3 Å². The molecule has 1 aromatic heterocycles. The number of rotatable bonds is 4. The predicted molar refractivity (Wildman–Crippen MR) is 85.4 cm³/mol. The van der Waals surface area contributed by atoms with Gasteiger partial charge in [0.1, 0.15) is 16.1 Å². The summed E-state index contributed by atoms with van der Waals surface area (Å²) in [5, 5.41) is 12.6. The van der Waals surface area contributed by atoms with Crippen molar-refractivity contribution < 1.29 is 24.0 Å². The first-order valence-electron chi connectivity index (χ1n) is 6.99. The van der Waals surface area contributed by atoms with Gasteiger partial charge in [-0.25, -0.2) is 0 Å². The fourth-order valence-electron chi connectivity index (χ4n) is 1.71. The molecule has 7 nitrogen and oxygen atoms in total. The predicted octanol–water partition coefficient (Wildman–Crippen LogP) is 3.42. The third-order valence-electron chi connectivity index (χ3n) is 2.42. The Hall–Kier alpha value is -1.96. The van der Waals surface area contributed by atoms with Crippen LogP contribution in [-0.2, 0) is 19.1 Å². The number of thiophene rings is 1. The van der Waals surface area contributed by atoms with Crippen molar-refractivity contribution in [2.45, 2.75) is 58.7 Å². The van der Waals surface area contributed by atoms with Gasteiger partial charge in [-0.15, -0.1) is 11.3 Å². The average Bonchev–Trinajstić information content (AvgIpc) is 2.72. The minimum Gasteiger partial charge on any atom is -0.459 e. The number of hydrogen-bond acceptors (Lipinski definition) is 7. The molecule has 0 aliphatic rings. The summed E-state index contributed by atoms with van der Waals surface area (Å²) in [5.41, 5.74) is -1.95. The molecule has 0 radical (unpaired) electrons. The second-order valence-corrected chi connectivity index (χ2v) is 7.87. The molecule has 1 heterocycles. The van der Waals surface area contributed by atoms with Gasteiger partial charge < -0.3 is 9.47 Å². The van der Waals surface area contributed by atoms with Crippen LogP contribution in [0.2, 0.25) is 0 Å². The number of ether oxygens (including phenoxy) is 2. The van der Waals surface area contributed by atoms with Gasteiger partial charge in [0, 0.05) is 6.07 Å². The molecule has 0 N–H and O–H groups in total. The maximum atomic E-state index is 12.4. The van der Waals surface area contributed by atoms with Crippen LogP contribution in [-0.4, -0.2) is 28.1 Å². The van der Waals surface area contributed by atoms with E-state index in [1.54, 1.807) is 41.5 Å². The molecule has 0 aromatic carbocycles. The van der Waals surface area contributed by atoms with Crippen molar-refractivity contribution in [3.63, 3.8) is 0 Å². The quantitative estimate of drug-likeness (QED) is 0.360. The van der Waals surface area contributed by atoms with E-state index < -0.39 is 34.0 Å². The Labute approximate surface area is 138 Å². The van der Waals surface area contributed by atoms with Gasteiger partial charge in [-0.3, -0.25) is 19.7 Å². The van der Waals surface area contributed by atoms with E-state index in [1.165, 1.54) is 11.4 Å². The molecule has 1 aromatic rings. The first-order chi connectivity index (χ1) is 10.3. The van der Waals surface area contributed by atoms with Crippen LogP contribution in [0, 0.1) is 10.1 Å². The second kappa shape index (κ2) is 6.66. The van der Waals surface area contributed by atoms with Crippen molar-refractivity contribution in [1.82, 2.24) is 0 Å². The Balaban J connectivity index is 3.26. The summed E-state index contributed by atoms with van der Waals surface area (Å²) < 4.78 is 10.5. The zero-order valence-corrected chi connectivity index (χ0v) is 14.9. The summed E-state index contributed by atoms with van der Waals surface area (Å²) in [7, 11) is 0. The molecule has 0 amide bonds. The zero-order valence-electron chi connectivity index (χ0n) is 14.0. The minimum atomic E-state index is -1.48. The highest BCUT2D eigenvalue weighted by Gasteiger charge is 2.41. The molecule has 128 valence electrons. The molecule has 0 unspecified atom stereocenters. The third kappa shape index (κ3) is 5.63. The van der Waals surface area contributed by atoms with Crippen molar-refractivity contribution in [1.29, 1.82) is 0 Å². The maximum Gasteiger partial charge on any atom is 0.326 e. The Morgan fingerprint density at radius 1 is 1.09 bits per heavy atom. The summed E-state index contributed by atoms with van der Waals surface area (Å²) in [4.78, 5) is 35.3. The van der Waals surface area contributed by atoms with Crippen LogP contribution >= 0.6 is 11.3 Å². The molecule has 0 fully saturated rings. The molecule has 1 rings (SSSR count). The Morgan fingerprint density at radius 2 is 1.52 bits per heavy atom. The highest BCUT2D eigenvalue weighted by Crippen LogP contribution is 2.35. The lowest BCUT2D eigenvalue weighted by atomic mass is 10.1. The van der Waals surface area contributed by atoms with Crippen molar-refractivity contribution >= 4 is 29.0 Å². The monoisotopic (exact) mass is 343 g/mol. The number of nitro groups is 1. The molecule has 0 saturated carbocycles. The van der Waals surface area contributed by atoms with Crippen molar-refractivity contribution in [2.24, 2.45) is 0 Å². The average molecular weight is 343 g/mol. The van der Waals surface area contributed by atoms with Gasteiger partial charge >= 0.3 is 11.9 Å². The van der Waals surface area contributed by atoms with E-state index in [0.29, 0.717) is 0 Å². The first kappa shape index (κ1) is 19.1. The SMILES string of the molecule is CC(C)(C)OC(=O)C(C(=O)OC(C)(C)C)c1sccc1[N+](=O)[O-]. The highest BCUT2D eigenvalue weighted by atomic mass is 32.1. The van der Waals surface area contributed by atoms with Gasteiger partial charge in [-0.1, -0.05) is 0 Å². The lowest BCUT2D eigenvalue weighted by molar-refractivity contribution is -0.385. The summed E-state index contributed by atoms with van der Waals surface area (Å²) in [6.07, 6.45) is 0. The van der Waals surface area contributed by atoms with Crippen molar-refractivity contribution in [2.75, 3.05) is 0 Å². The fraction of sp³-hybridized carbons (Fsp3) is 0.600. The molecule has 8 heteroatoms. The zero-order chi connectivity index (χ0) is 18.0. The highest BCUT2D eigenvalue weighted by molar-refractivity contribution is 7.10. The van der Waals surface area contributed by atoms with Gasteiger partial charge in [0.2, 0.25) is 0 Å². The van der Waals surface area contributed by atoms with Crippen molar-refractivity contribution in [3.05, 3.63) is 26.4 Å². The van der Waals surface area contributed by atoms with Crippen LogP contribution in [0.4, 0.5) is 5.69 Å². The van der Waals surface area contributed by atoms with Crippen LogP contribution < -0.4 is 0 Å². The van der Waals surface area contributed by atoms with Gasteiger partial charge in [0.25, 0.3) is 5.69 Å². The van der Waals surface area contributed by atoms with E-state index in [0.717, 1.165) is 11.3 Å². The number of nitrogens with zero attached hydrogens (tertiary/aromatic N) is 1. The lowest BCUT2D eigenvalue weighted by Crippen LogP contribution is -2.35. The Morgan fingerprint density at radius 3 is 1.87 bits per heavy atom. The summed E-state index contributed by atoms with van der Waals surface area (Å²) >= 11 is 0.951. The molecule has 0 aliphatic carbocycles. The van der Waals surface area contributed by atoms with E-state index in [4.69, 9.17) is 9.47 Å². The summed E-state index contributed by atoms with van der Waals surface area (Å²) in [6.45, 7) is 9.92. The van der Waals surface area contributed by atoms with Gasteiger partial charge in [-0.05, 0) is 46.9 Å². The molecule has 23 heavy (non-hydrogen) atoms. The molecule has 0 aliphatic heterocycles. The standard InChI is InChI=1S/C15H21NO6S/c1-14(2,3)21-12(17)10(13(18)22-15(4,5)6)11-9(16(19)20)7-8-23-11/h7-8,10H,1-6H3. The molecule has 0 bridgehead atoms. The number of esters is 2. The van der Waals surface area contributed by atoms with Gasteiger partial charge in [0.05, 0.1) is 4.92 Å². The molecular formula is C15H21NO6S. The smallest absolute Gasteiger partial charge is 0.326 e. The maximum absolute atomic E-state index is 12.4. The molecule has 0 saturated heterocycles. The first-order valence-corrected chi connectivity index (χ1v) is 7.87. The molecule has 0 spiro atoms. The van der Waals surface area contributed by atoms with Crippen molar-refractivity contribution in [3.8, 4) is 0 Å². The number of carbonyl (C=O) groups is 2. The minimum absolute atomic E-state index is 0.0125. The van der Waals surface area contributed by atoms with Crippen LogP contribution in [0.25, 0.3) is 0 Å². The van der Waals surface area contributed by atoms with Gasteiger partial charge in [0.15, 0.2) is 5.92 Å². The fourth-order valence-corrected chi connectivity index (χ4v) is 2.65. The Bertz CT molecular complexity index is 580. The van der Waals surface area contributed by atoms with Crippen LogP contribution in [0.3, 0.4) is 0 Å². The van der Waals surface area contributed by atoms with Crippen LogP contribution in [0.5, 0.6) is 0 Å². The molecule has 0 atom stereocenters. The summed E-state index contributed by atoms with van der Waals surface area (Å²) in [5.74, 6) is -3.21. The van der Waals surface area contributed by atoms with E-state index in [9.17, 15) is 19.7 Å². The normalized spacial score (nSPS) is 12.1. The number of hydrogen-bond donors (Lipinski definition) is 0. The second-order valence-electron chi connectivity index (χ2n) is 6.93. The Kier molecular flexibility index (Phi) is 5.52. The third-order valence-corrected chi connectivity index (χ3v) is 3.39. The lowest BCUT2D eigenvalue weighted by Gasteiger charge is -2.25. The molecular weight excluding hydrogens is 322 g/mol. The largest absolute Gasteiger partial charge is 0.459 e. The van der Waals surface area contributed by atoms with E-state index in [1.807, 2.05) is 0 Å². The van der Waals surface area contributed by atoms with E-state index in [2.05, 4.69) is 0 Å². The van der Waals surface area contributed by atoms with E-state index >= 15 is 0 Å². The van der Waals surface area contributed by atoms with Gasteiger partial charge in [-0.2, -0.15) is 0 Å².